The Morgan fingerprint density at radius 3 is 2.13 bits per heavy atom. The molecule has 0 unspecified atom stereocenters. The maximum absolute atomic E-state index is 13.6. The van der Waals surface area contributed by atoms with Crippen LogP contribution in [0.4, 0.5) is 35.1 Å². The van der Waals surface area contributed by atoms with Crippen molar-refractivity contribution in [1.29, 1.82) is 0 Å². The van der Waals surface area contributed by atoms with Gasteiger partial charge in [-0.2, -0.15) is 31.1 Å². The number of tetrazole rings is 1. The van der Waals surface area contributed by atoms with Crippen LogP contribution in [0.1, 0.15) is 17.0 Å². The Kier molecular flexibility index (Phi) is 9.57. The molecule has 21 heteroatoms. The van der Waals surface area contributed by atoms with Crippen molar-refractivity contribution in [2.24, 2.45) is 0 Å². The van der Waals surface area contributed by atoms with Gasteiger partial charge in [0.25, 0.3) is 0 Å². The van der Waals surface area contributed by atoms with Crippen LogP contribution in [-0.2, 0) is 38.6 Å². The summed E-state index contributed by atoms with van der Waals surface area (Å²) in [4.78, 5) is 27.9. The van der Waals surface area contributed by atoms with E-state index in [1.165, 1.54) is 6.92 Å². The molecule has 1 aliphatic rings. The Hall–Kier alpha value is -4.40. The number of rotatable bonds is 9. The minimum absolute atomic E-state index is 0.0844. The zero-order valence-corrected chi connectivity index (χ0v) is 24.2. The molecule has 2 amide bonds. The number of piperazine rings is 1. The van der Waals surface area contributed by atoms with E-state index in [0.717, 1.165) is 50.4 Å². The van der Waals surface area contributed by atoms with Gasteiger partial charge in [-0.1, -0.05) is 24.3 Å². The summed E-state index contributed by atoms with van der Waals surface area (Å²) in [7, 11) is -4.57. The maximum atomic E-state index is 13.6. The topological polar surface area (TPSA) is 140 Å². The Morgan fingerprint density at radius 2 is 1.59 bits per heavy atom. The second-order valence-electron chi connectivity index (χ2n) is 9.84. The Balaban J connectivity index is 1.55. The molecule has 0 spiro atoms. The molecule has 0 saturated carbocycles. The number of aryl methyl sites for hydroxylation is 1. The van der Waals surface area contributed by atoms with Crippen molar-refractivity contribution in [2.75, 3.05) is 19.6 Å². The first-order valence-corrected chi connectivity index (χ1v) is 14.4. The highest BCUT2D eigenvalue weighted by Gasteiger charge is 2.58. The third kappa shape index (κ3) is 7.87. The average molecular weight is 686 g/mol. The van der Waals surface area contributed by atoms with Gasteiger partial charge in [0, 0.05) is 31.7 Å². The van der Waals surface area contributed by atoms with E-state index in [0.29, 0.717) is 12.1 Å². The van der Waals surface area contributed by atoms with Gasteiger partial charge in [-0.15, -0.1) is 23.4 Å². The summed E-state index contributed by atoms with van der Waals surface area (Å²) < 4.78 is 134. The first-order chi connectivity index (χ1) is 21.3. The van der Waals surface area contributed by atoms with Gasteiger partial charge in [-0.25, -0.2) is 8.42 Å². The lowest BCUT2D eigenvalue weighted by molar-refractivity contribution is -0.289. The summed E-state index contributed by atoms with van der Waals surface area (Å²) in [5.41, 5.74) is -1.25. The Morgan fingerprint density at radius 1 is 0.957 bits per heavy atom. The van der Waals surface area contributed by atoms with Crippen LogP contribution in [0.15, 0.2) is 53.4 Å². The monoisotopic (exact) mass is 685 g/mol. The third-order valence-corrected chi connectivity index (χ3v) is 8.54. The molecule has 1 N–H and O–H groups in total. The lowest BCUT2D eigenvalue weighted by Crippen LogP contribution is -2.61. The summed E-state index contributed by atoms with van der Waals surface area (Å²) in [5.74, 6) is -7.14. The van der Waals surface area contributed by atoms with Gasteiger partial charge < -0.3 is 15.0 Å². The summed E-state index contributed by atoms with van der Waals surface area (Å²) >= 11 is 0. The minimum atomic E-state index is -5.84. The van der Waals surface area contributed by atoms with Gasteiger partial charge in [-0.05, 0) is 42.0 Å². The van der Waals surface area contributed by atoms with E-state index in [1.807, 2.05) is 0 Å². The number of hydrogen-bond donors (Lipinski definition) is 1. The molecule has 12 nitrogen and oxygen atoms in total. The largest absolute Gasteiger partial charge is 0.573 e. The lowest BCUT2D eigenvalue weighted by Gasteiger charge is -2.39. The van der Waals surface area contributed by atoms with Crippen LogP contribution in [0, 0.1) is 6.92 Å². The van der Waals surface area contributed by atoms with Crippen LogP contribution in [-0.4, -0.2) is 87.9 Å². The van der Waals surface area contributed by atoms with E-state index in [1.54, 1.807) is 0 Å². The van der Waals surface area contributed by atoms with Crippen LogP contribution in [0.25, 0.3) is 0 Å². The molecule has 1 aromatic heterocycles. The Bertz CT molecular complexity index is 1660. The fourth-order valence-electron chi connectivity index (χ4n) is 4.36. The molecule has 0 bridgehead atoms. The fraction of sp³-hybridized carbons (Fsp3) is 0.400. The summed E-state index contributed by atoms with van der Waals surface area (Å²) in [5, 5.41) is 13.6. The summed E-state index contributed by atoms with van der Waals surface area (Å²) in [6, 6.07) is 4.46. The number of benzene rings is 2. The first-order valence-electron chi connectivity index (χ1n) is 13.0. The number of amides is 2. The predicted octanol–water partition coefficient (Wildman–Crippen LogP) is 2.75. The predicted molar refractivity (Wildman–Crippen MR) is 138 cm³/mol. The number of alkyl halides is 8. The molecular weight excluding hydrogens is 662 g/mol. The normalized spacial score (nSPS) is 16.7. The van der Waals surface area contributed by atoms with Gasteiger partial charge in [-0.3, -0.25) is 9.59 Å². The van der Waals surface area contributed by atoms with E-state index in [9.17, 15) is 53.1 Å². The van der Waals surface area contributed by atoms with Crippen molar-refractivity contribution in [2.45, 2.75) is 49.4 Å². The second-order valence-corrected chi connectivity index (χ2v) is 11.7. The quantitative estimate of drug-likeness (QED) is 0.340. The van der Waals surface area contributed by atoms with E-state index in [4.69, 9.17) is 0 Å². The number of nitrogens with zero attached hydrogens (tertiary/aromatic N) is 6. The molecule has 1 fully saturated rings. The van der Waals surface area contributed by atoms with Crippen LogP contribution < -0.4 is 10.1 Å². The van der Waals surface area contributed by atoms with Crippen LogP contribution >= 0.6 is 0 Å². The zero-order valence-electron chi connectivity index (χ0n) is 23.4. The Labute approximate surface area is 254 Å². The number of carbonyl (C=O) groups is 2. The van der Waals surface area contributed by atoms with Gasteiger partial charge in [0.1, 0.15) is 18.3 Å². The van der Waals surface area contributed by atoms with Crippen molar-refractivity contribution < 1.29 is 57.9 Å². The highest BCUT2D eigenvalue weighted by atomic mass is 32.2. The van der Waals surface area contributed by atoms with Gasteiger partial charge in [0.2, 0.25) is 21.8 Å². The van der Waals surface area contributed by atoms with Gasteiger partial charge >= 0.3 is 18.5 Å². The number of nitrogens with one attached hydrogen (secondary N) is 1. The van der Waals surface area contributed by atoms with Crippen molar-refractivity contribution in [3.8, 4) is 5.75 Å². The molecular formula is C25H23F8N7O5S. The van der Waals surface area contributed by atoms with Crippen molar-refractivity contribution in [1.82, 2.24) is 34.7 Å². The third-order valence-electron chi connectivity index (χ3n) is 6.62. The average Bonchev–Trinajstić information content (AvgIpc) is 3.38. The molecule has 1 atom stereocenters. The molecule has 1 aliphatic heterocycles. The van der Waals surface area contributed by atoms with Crippen molar-refractivity contribution >= 4 is 21.8 Å². The number of sulfonamides is 1. The fourth-order valence-corrected chi connectivity index (χ4v) is 5.93. The minimum Gasteiger partial charge on any atom is -0.406 e. The number of carbonyl (C=O) groups excluding carboxylic acids is 2. The SMILES string of the molecule is Cc1nnn(CC(=O)N2CCN(S(=O)(=O)c3ccc(OC(F)(F)F)cc3)[C@@H](C(=O)NCc3ccc(C(F)(F)C(F)(F)F)cc3)C2)n1. The molecule has 3 aromatic rings. The number of hydrogen-bond acceptors (Lipinski definition) is 8. The number of ether oxygens (including phenoxy) is 1. The van der Waals surface area contributed by atoms with Crippen molar-refractivity contribution in [3.05, 3.63) is 65.5 Å². The van der Waals surface area contributed by atoms with Crippen molar-refractivity contribution in [3.63, 3.8) is 0 Å². The number of halogens is 8. The number of aromatic nitrogens is 4. The van der Waals surface area contributed by atoms with Crippen LogP contribution in [0.5, 0.6) is 5.75 Å². The molecule has 250 valence electrons. The van der Waals surface area contributed by atoms with E-state index in [-0.39, 0.29) is 17.9 Å². The highest BCUT2D eigenvalue weighted by Crippen LogP contribution is 2.43. The maximum Gasteiger partial charge on any atom is 0.573 e. The summed E-state index contributed by atoms with van der Waals surface area (Å²) in [6.45, 7) is -0.450. The van der Waals surface area contributed by atoms with Gasteiger partial charge in [0.15, 0.2) is 5.82 Å². The molecule has 0 aliphatic carbocycles. The van der Waals surface area contributed by atoms with E-state index < -0.39 is 88.7 Å². The van der Waals surface area contributed by atoms with E-state index in [2.05, 4.69) is 25.5 Å². The molecule has 46 heavy (non-hydrogen) atoms. The second kappa shape index (κ2) is 12.8. The molecule has 0 radical (unpaired) electrons. The summed E-state index contributed by atoms with van der Waals surface area (Å²) in [6.07, 6.45) is -10.9. The molecule has 2 aromatic carbocycles. The van der Waals surface area contributed by atoms with Crippen LogP contribution in [0.3, 0.4) is 0 Å². The van der Waals surface area contributed by atoms with E-state index >= 15 is 0 Å². The van der Waals surface area contributed by atoms with Gasteiger partial charge in [0.05, 0.1) is 4.90 Å². The zero-order chi connectivity index (χ0) is 34.1. The first kappa shape index (κ1) is 34.5. The molecule has 4 rings (SSSR count). The molecule has 1 saturated heterocycles. The smallest absolute Gasteiger partial charge is 0.406 e. The lowest BCUT2D eigenvalue weighted by atomic mass is 10.1. The molecule has 2 heterocycles. The highest BCUT2D eigenvalue weighted by molar-refractivity contribution is 7.89. The van der Waals surface area contributed by atoms with Crippen LogP contribution in [0.2, 0.25) is 0 Å². The standard InChI is InChI=1S/C25H23F8N7O5S/c1-15-35-37-40(36-15)14-21(41)38-10-11-39(46(43,44)19-8-6-18(7-9-19)45-25(31,32)33)20(13-38)22(42)34-12-16-2-4-17(5-3-16)23(26,27)24(28,29)30/h2-9,20H,10-14H2,1H3,(H,34,42)/t20-/m1/s1.